The number of piperazine rings is 1. The number of hydrogen-bond donors (Lipinski definition) is 1. The molecule has 5 rings (SSSR count). The van der Waals surface area contributed by atoms with Crippen molar-refractivity contribution in [1.82, 2.24) is 14.8 Å². The second-order valence-corrected chi connectivity index (χ2v) is 8.54. The number of amides is 1. The third kappa shape index (κ3) is 3.24. The second-order valence-electron chi connectivity index (χ2n) is 8.54. The van der Waals surface area contributed by atoms with Gasteiger partial charge in [-0.05, 0) is 51.2 Å². The molecule has 1 amide bonds. The molecule has 0 saturated carbocycles. The highest BCUT2D eigenvalue weighted by Crippen LogP contribution is 2.38. The van der Waals surface area contributed by atoms with E-state index in [1.165, 1.54) is 0 Å². The first-order valence-electron chi connectivity index (χ1n) is 10.5. The van der Waals surface area contributed by atoms with Crippen LogP contribution in [0.25, 0.3) is 11.1 Å². The van der Waals surface area contributed by atoms with Crippen molar-refractivity contribution in [2.45, 2.75) is 31.0 Å². The largest absolute Gasteiger partial charge is 0.423 e. The summed E-state index contributed by atoms with van der Waals surface area (Å²) in [6, 6.07) is 17.3. The van der Waals surface area contributed by atoms with E-state index >= 15 is 0 Å². The Labute approximate surface area is 176 Å². The number of nitrogens with two attached hydrogens (primary N) is 1. The molecule has 2 atom stereocenters. The van der Waals surface area contributed by atoms with Crippen LogP contribution in [-0.2, 0) is 0 Å². The summed E-state index contributed by atoms with van der Waals surface area (Å²) in [5.41, 5.74) is 8.10. The monoisotopic (exact) mass is 405 g/mol. The Morgan fingerprint density at radius 3 is 2.43 bits per heavy atom. The smallest absolute Gasteiger partial charge is 0.303 e. The number of piperidine rings is 1. The predicted octanol–water partition coefficient (Wildman–Crippen LogP) is 2.84. The van der Waals surface area contributed by atoms with Gasteiger partial charge in [0.25, 0.3) is 5.91 Å². The molecule has 3 heterocycles. The van der Waals surface area contributed by atoms with E-state index in [1.54, 1.807) is 12.1 Å². The van der Waals surface area contributed by atoms with Crippen LogP contribution >= 0.6 is 0 Å². The summed E-state index contributed by atoms with van der Waals surface area (Å²) in [4.78, 5) is 23.8. The number of benzene rings is 2. The van der Waals surface area contributed by atoms with E-state index in [2.05, 4.69) is 40.9 Å². The van der Waals surface area contributed by atoms with Gasteiger partial charge in [-0.15, -0.1) is 0 Å². The quantitative estimate of drug-likeness (QED) is 0.719. The fourth-order valence-electron chi connectivity index (χ4n) is 5.07. The van der Waals surface area contributed by atoms with Crippen molar-refractivity contribution in [3.05, 3.63) is 54.1 Å². The van der Waals surface area contributed by atoms with Crippen LogP contribution in [0.1, 0.15) is 23.2 Å². The van der Waals surface area contributed by atoms with E-state index < -0.39 is 5.91 Å². The lowest BCUT2D eigenvalue weighted by atomic mass is 9.87. The lowest BCUT2D eigenvalue weighted by Crippen LogP contribution is -2.62. The number of para-hydroxylation sites is 2. The van der Waals surface area contributed by atoms with Crippen LogP contribution < -0.4 is 10.6 Å². The number of aromatic nitrogens is 1. The summed E-state index contributed by atoms with van der Waals surface area (Å²) < 4.78 is 6.18. The molecular formula is C23H27N5O2. The first kappa shape index (κ1) is 19.1. The van der Waals surface area contributed by atoms with E-state index in [4.69, 9.17) is 15.1 Å². The molecule has 3 aromatic rings. The summed E-state index contributed by atoms with van der Waals surface area (Å²) in [6.07, 6.45) is 2.04. The first-order chi connectivity index (χ1) is 14.5. The van der Waals surface area contributed by atoms with Crippen molar-refractivity contribution in [1.29, 1.82) is 0 Å². The van der Waals surface area contributed by atoms with Crippen molar-refractivity contribution in [2.75, 3.05) is 32.1 Å². The number of carbonyl (C=O) groups excluding carboxylic acids is 1. The van der Waals surface area contributed by atoms with Crippen LogP contribution in [0.2, 0.25) is 0 Å². The zero-order valence-corrected chi connectivity index (χ0v) is 17.4. The zero-order valence-electron chi connectivity index (χ0n) is 17.4. The Bertz CT molecular complexity index is 1050. The van der Waals surface area contributed by atoms with Gasteiger partial charge in [0.2, 0.25) is 0 Å². The molecule has 2 unspecified atom stereocenters. The second kappa shape index (κ2) is 7.41. The molecule has 2 fully saturated rings. The Balaban J connectivity index is 1.58. The molecule has 2 aliphatic rings. The third-order valence-corrected chi connectivity index (χ3v) is 6.56. The number of carbonyl (C=O) groups is 1. The van der Waals surface area contributed by atoms with Crippen LogP contribution in [0.5, 0.6) is 0 Å². The van der Waals surface area contributed by atoms with E-state index in [9.17, 15) is 4.79 Å². The summed E-state index contributed by atoms with van der Waals surface area (Å²) in [7, 11) is 4.44. The van der Waals surface area contributed by atoms with Crippen LogP contribution in [-0.4, -0.2) is 66.0 Å². The topological polar surface area (TPSA) is 78.8 Å². The Kier molecular flexibility index (Phi) is 4.72. The lowest BCUT2D eigenvalue weighted by Gasteiger charge is -2.51. The maximum absolute atomic E-state index is 11.9. The molecule has 0 radical (unpaired) electrons. The van der Waals surface area contributed by atoms with Crippen molar-refractivity contribution < 1.29 is 9.21 Å². The predicted molar refractivity (Wildman–Crippen MR) is 117 cm³/mol. The number of rotatable bonds is 4. The molecule has 1 aromatic heterocycles. The molecular weight excluding hydrogens is 378 g/mol. The van der Waals surface area contributed by atoms with Crippen LogP contribution in [0.15, 0.2) is 52.9 Å². The van der Waals surface area contributed by atoms with Crippen molar-refractivity contribution in [3.8, 4) is 0 Å². The van der Waals surface area contributed by atoms with Crippen molar-refractivity contribution >= 4 is 28.7 Å². The van der Waals surface area contributed by atoms with Crippen molar-refractivity contribution in [2.24, 2.45) is 5.73 Å². The SMILES string of the molecule is CN1CC2CC(N(c3ccccc3)c3nc4c(C(N)=O)cccc4o3)CC(C1)N2C. The Morgan fingerprint density at radius 2 is 1.77 bits per heavy atom. The number of likely N-dealkylation sites (N-methyl/N-ethyl adjacent to an activating group) is 2. The van der Waals surface area contributed by atoms with E-state index in [0.717, 1.165) is 31.6 Å². The minimum Gasteiger partial charge on any atom is -0.423 e. The van der Waals surface area contributed by atoms with Gasteiger partial charge >= 0.3 is 6.01 Å². The molecule has 30 heavy (non-hydrogen) atoms. The molecule has 2 N–H and O–H groups in total. The van der Waals surface area contributed by atoms with Crippen molar-refractivity contribution in [3.63, 3.8) is 0 Å². The summed E-state index contributed by atoms with van der Waals surface area (Å²) in [6.45, 7) is 2.12. The minimum absolute atomic E-state index is 0.261. The lowest BCUT2D eigenvalue weighted by molar-refractivity contribution is 0.0137. The van der Waals surface area contributed by atoms with Gasteiger partial charge in [-0.25, -0.2) is 0 Å². The average Bonchev–Trinajstić information content (AvgIpc) is 3.14. The highest BCUT2D eigenvalue weighted by molar-refractivity contribution is 6.03. The van der Waals surface area contributed by atoms with Gasteiger partial charge in [-0.3, -0.25) is 14.6 Å². The molecule has 7 heteroatoms. The van der Waals surface area contributed by atoms with Gasteiger partial charge in [0.15, 0.2) is 5.58 Å². The molecule has 156 valence electrons. The van der Waals surface area contributed by atoms with Crippen LogP contribution in [0, 0.1) is 0 Å². The van der Waals surface area contributed by atoms with Gasteiger partial charge in [0.1, 0.15) is 5.52 Å². The summed E-state index contributed by atoms with van der Waals surface area (Å²) in [5, 5.41) is 0. The molecule has 2 saturated heterocycles. The summed E-state index contributed by atoms with van der Waals surface area (Å²) >= 11 is 0. The molecule has 0 aliphatic carbocycles. The maximum Gasteiger partial charge on any atom is 0.303 e. The normalized spacial score (nSPS) is 24.8. The molecule has 7 nitrogen and oxygen atoms in total. The van der Waals surface area contributed by atoms with Crippen LogP contribution in [0.4, 0.5) is 11.7 Å². The van der Waals surface area contributed by atoms with Gasteiger partial charge in [-0.1, -0.05) is 24.3 Å². The number of hydrogen-bond acceptors (Lipinski definition) is 6. The number of oxazole rings is 1. The Hall–Kier alpha value is -2.90. The number of anilines is 2. The number of primary amides is 1. The number of likely N-dealkylation sites (tertiary alicyclic amines) is 1. The highest BCUT2D eigenvalue weighted by atomic mass is 16.4. The first-order valence-corrected chi connectivity index (χ1v) is 10.5. The molecule has 2 aromatic carbocycles. The molecule has 2 bridgehead atoms. The summed E-state index contributed by atoms with van der Waals surface area (Å²) in [5.74, 6) is -0.497. The average molecular weight is 406 g/mol. The highest BCUT2D eigenvalue weighted by Gasteiger charge is 2.41. The zero-order chi connectivity index (χ0) is 20.8. The van der Waals surface area contributed by atoms with E-state index in [-0.39, 0.29) is 6.04 Å². The fourth-order valence-corrected chi connectivity index (χ4v) is 5.07. The van der Waals surface area contributed by atoms with Crippen LogP contribution in [0.3, 0.4) is 0 Å². The van der Waals surface area contributed by atoms with Gasteiger partial charge < -0.3 is 15.1 Å². The molecule has 0 spiro atoms. The van der Waals surface area contributed by atoms with Gasteiger partial charge in [0.05, 0.1) is 5.56 Å². The third-order valence-electron chi connectivity index (χ3n) is 6.56. The Morgan fingerprint density at radius 1 is 1.07 bits per heavy atom. The number of fused-ring (bicyclic) bond motifs is 3. The van der Waals surface area contributed by atoms with Gasteiger partial charge in [-0.2, -0.15) is 4.98 Å². The minimum atomic E-state index is -0.497. The maximum atomic E-state index is 11.9. The standard InChI is InChI=1S/C23H27N5O2/c1-26-13-17-11-16(12-18(14-26)27(17)2)28(15-7-4-3-5-8-15)23-25-21-19(22(24)29)9-6-10-20(21)30-23/h3-10,16-18H,11-14H2,1-2H3,(H2,24,29). The van der Waals surface area contributed by atoms with E-state index in [1.807, 2.05) is 24.3 Å². The van der Waals surface area contributed by atoms with Gasteiger partial charge in [0, 0.05) is 36.9 Å². The number of nitrogens with zero attached hydrogens (tertiary/aromatic N) is 4. The van der Waals surface area contributed by atoms with E-state index in [0.29, 0.717) is 34.8 Å². The molecule has 2 aliphatic heterocycles. The fraction of sp³-hybridized carbons (Fsp3) is 0.391.